The third-order valence-electron chi connectivity index (χ3n) is 3.97. The van der Waals surface area contributed by atoms with Gasteiger partial charge in [-0.1, -0.05) is 5.16 Å². The summed E-state index contributed by atoms with van der Waals surface area (Å²) < 4.78 is 5.19. The molecule has 0 radical (unpaired) electrons. The fourth-order valence-electron chi connectivity index (χ4n) is 2.72. The Bertz CT molecular complexity index is 636. The number of hydrogen-bond acceptors (Lipinski definition) is 6. The van der Waals surface area contributed by atoms with E-state index in [1.807, 2.05) is 13.8 Å². The lowest BCUT2D eigenvalue weighted by molar-refractivity contribution is 0.0932. The van der Waals surface area contributed by atoms with Gasteiger partial charge in [0.1, 0.15) is 11.5 Å². The lowest BCUT2D eigenvalue weighted by atomic mass is 10.2. The fraction of sp³-hybridized carbons (Fsp3) is 0.467. The van der Waals surface area contributed by atoms with Crippen molar-refractivity contribution in [3.05, 3.63) is 41.3 Å². The van der Waals surface area contributed by atoms with Crippen molar-refractivity contribution in [2.24, 2.45) is 0 Å². The number of hydrogen-bond donors (Lipinski definition) is 1. The Balaban J connectivity index is 1.55. The van der Waals surface area contributed by atoms with Crippen LogP contribution in [-0.4, -0.2) is 45.1 Å². The molecule has 2 aromatic rings. The third kappa shape index (κ3) is 3.14. The van der Waals surface area contributed by atoms with Crippen LogP contribution in [-0.2, 0) is 6.54 Å². The molecule has 1 atom stereocenters. The van der Waals surface area contributed by atoms with Gasteiger partial charge in [-0.15, -0.1) is 0 Å². The van der Waals surface area contributed by atoms with E-state index in [-0.39, 0.29) is 11.9 Å². The van der Waals surface area contributed by atoms with E-state index < -0.39 is 0 Å². The van der Waals surface area contributed by atoms with Crippen LogP contribution in [0.1, 0.15) is 33.9 Å². The summed E-state index contributed by atoms with van der Waals surface area (Å²) in [6.07, 6.45) is 5.48. The second kappa shape index (κ2) is 6.23. The van der Waals surface area contributed by atoms with E-state index in [9.17, 15) is 4.79 Å². The number of rotatable bonds is 4. The van der Waals surface area contributed by atoms with Gasteiger partial charge in [-0.3, -0.25) is 14.7 Å². The second-order valence-corrected chi connectivity index (χ2v) is 5.59. The smallest absolute Gasteiger partial charge is 0.271 e. The van der Waals surface area contributed by atoms with E-state index in [1.54, 1.807) is 6.20 Å². The highest BCUT2D eigenvalue weighted by atomic mass is 16.5. The van der Waals surface area contributed by atoms with Crippen molar-refractivity contribution in [3.8, 4) is 0 Å². The maximum absolute atomic E-state index is 12.1. The standard InChI is InChI=1S/C15H19N5O2/c1-10-13(11(2)22-19-10)9-20-6-3-12(8-20)18-15(21)14-7-16-4-5-17-14/h4-5,7,12H,3,6,8-9H2,1-2H3,(H,18,21)/t12-/m1/s1. The molecule has 1 fully saturated rings. The van der Waals surface area contributed by atoms with E-state index >= 15 is 0 Å². The molecule has 1 saturated heterocycles. The number of nitrogens with zero attached hydrogens (tertiary/aromatic N) is 4. The van der Waals surface area contributed by atoms with E-state index in [0.29, 0.717) is 5.69 Å². The highest BCUT2D eigenvalue weighted by Gasteiger charge is 2.26. The number of carbonyl (C=O) groups is 1. The minimum absolute atomic E-state index is 0.134. The van der Waals surface area contributed by atoms with Crippen LogP contribution in [0.3, 0.4) is 0 Å². The molecular weight excluding hydrogens is 282 g/mol. The van der Waals surface area contributed by atoms with E-state index in [1.165, 1.54) is 12.4 Å². The Hall–Kier alpha value is -2.28. The molecule has 7 heteroatoms. The zero-order valence-corrected chi connectivity index (χ0v) is 12.7. The number of aromatic nitrogens is 3. The van der Waals surface area contributed by atoms with Crippen LogP contribution in [0.25, 0.3) is 0 Å². The van der Waals surface area contributed by atoms with Crippen LogP contribution >= 0.6 is 0 Å². The molecule has 3 heterocycles. The monoisotopic (exact) mass is 301 g/mol. The fourth-order valence-corrected chi connectivity index (χ4v) is 2.72. The van der Waals surface area contributed by atoms with Crippen molar-refractivity contribution < 1.29 is 9.32 Å². The predicted molar refractivity (Wildman–Crippen MR) is 79.2 cm³/mol. The van der Waals surface area contributed by atoms with E-state index in [4.69, 9.17) is 4.52 Å². The second-order valence-electron chi connectivity index (χ2n) is 5.59. The molecule has 7 nitrogen and oxygen atoms in total. The third-order valence-corrected chi connectivity index (χ3v) is 3.97. The average molecular weight is 301 g/mol. The first-order valence-electron chi connectivity index (χ1n) is 7.34. The lowest BCUT2D eigenvalue weighted by Crippen LogP contribution is -2.37. The number of likely N-dealkylation sites (tertiary alicyclic amines) is 1. The van der Waals surface area contributed by atoms with Gasteiger partial charge in [0.15, 0.2) is 0 Å². The maximum atomic E-state index is 12.1. The van der Waals surface area contributed by atoms with Crippen molar-refractivity contribution in [1.82, 2.24) is 25.3 Å². The van der Waals surface area contributed by atoms with Gasteiger partial charge in [0, 0.05) is 43.6 Å². The molecule has 22 heavy (non-hydrogen) atoms. The zero-order valence-electron chi connectivity index (χ0n) is 12.7. The molecule has 1 amide bonds. The summed E-state index contributed by atoms with van der Waals surface area (Å²) in [5.74, 6) is 0.696. The molecule has 2 aromatic heterocycles. The maximum Gasteiger partial charge on any atom is 0.271 e. The van der Waals surface area contributed by atoms with Gasteiger partial charge < -0.3 is 9.84 Å². The first-order chi connectivity index (χ1) is 10.6. The molecule has 116 valence electrons. The van der Waals surface area contributed by atoms with Crippen molar-refractivity contribution >= 4 is 5.91 Å². The molecule has 0 bridgehead atoms. The summed E-state index contributed by atoms with van der Waals surface area (Å²) in [6, 6.07) is 0.134. The van der Waals surface area contributed by atoms with Gasteiger partial charge in [0.05, 0.1) is 11.9 Å². The Morgan fingerprint density at radius 3 is 3.00 bits per heavy atom. The van der Waals surface area contributed by atoms with Gasteiger partial charge >= 0.3 is 0 Å². The first kappa shape index (κ1) is 14.6. The molecular formula is C15H19N5O2. The van der Waals surface area contributed by atoms with Gasteiger partial charge in [0.2, 0.25) is 0 Å². The molecule has 0 aromatic carbocycles. The van der Waals surface area contributed by atoms with E-state index in [0.717, 1.165) is 43.1 Å². The largest absolute Gasteiger partial charge is 0.361 e. The van der Waals surface area contributed by atoms with E-state index in [2.05, 4.69) is 25.3 Å². The topological polar surface area (TPSA) is 84.2 Å². The van der Waals surface area contributed by atoms with Crippen LogP contribution in [0.15, 0.2) is 23.1 Å². The summed E-state index contributed by atoms with van der Waals surface area (Å²) in [5.41, 5.74) is 2.43. The summed E-state index contributed by atoms with van der Waals surface area (Å²) >= 11 is 0. The van der Waals surface area contributed by atoms with Gasteiger partial charge in [-0.05, 0) is 20.3 Å². The Labute approximate surface area is 128 Å². The Kier molecular flexibility index (Phi) is 4.15. The number of amides is 1. The average Bonchev–Trinajstić information content (AvgIpc) is 3.10. The molecule has 0 spiro atoms. The van der Waals surface area contributed by atoms with Crippen molar-refractivity contribution in [3.63, 3.8) is 0 Å². The highest BCUT2D eigenvalue weighted by Crippen LogP contribution is 2.18. The molecule has 0 unspecified atom stereocenters. The predicted octanol–water partition coefficient (Wildman–Crippen LogP) is 1.09. The summed E-state index contributed by atoms with van der Waals surface area (Å²) in [7, 11) is 0. The first-order valence-corrected chi connectivity index (χ1v) is 7.34. The molecule has 3 rings (SSSR count). The highest BCUT2D eigenvalue weighted by molar-refractivity contribution is 5.92. The van der Waals surface area contributed by atoms with Crippen LogP contribution in [0.5, 0.6) is 0 Å². The lowest BCUT2D eigenvalue weighted by Gasteiger charge is -2.16. The SMILES string of the molecule is Cc1noc(C)c1CN1CC[C@@H](NC(=O)c2cnccn2)C1. The summed E-state index contributed by atoms with van der Waals surface area (Å²) in [4.78, 5) is 22.3. The van der Waals surface area contributed by atoms with Crippen molar-refractivity contribution in [2.45, 2.75) is 32.9 Å². The molecule has 1 aliphatic heterocycles. The zero-order chi connectivity index (χ0) is 15.5. The van der Waals surface area contributed by atoms with Crippen molar-refractivity contribution in [2.75, 3.05) is 13.1 Å². The molecule has 0 aliphatic carbocycles. The van der Waals surface area contributed by atoms with Crippen LogP contribution in [0.2, 0.25) is 0 Å². The molecule has 1 aliphatic rings. The van der Waals surface area contributed by atoms with Crippen LogP contribution in [0.4, 0.5) is 0 Å². The Morgan fingerprint density at radius 1 is 1.45 bits per heavy atom. The number of carbonyl (C=O) groups excluding carboxylic acids is 1. The normalized spacial score (nSPS) is 18.5. The van der Waals surface area contributed by atoms with Gasteiger partial charge in [-0.25, -0.2) is 4.98 Å². The minimum Gasteiger partial charge on any atom is -0.361 e. The van der Waals surface area contributed by atoms with Crippen LogP contribution in [0, 0.1) is 13.8 Å². The summed E-state index contributed by atoms with van der Waals surface area (Å²) in [5, 5.41) is 6.99. The molecule has 1 N–H and O–H groups in total. The Morgan fingerprint density at radius 2 is 2.32 bits per heavy atom. The number of nitrogens with one attached hydrogen (secondary N) is 1. The quantitative estimate of drug-likeness (QED) is 0.910. The number of aryl methyl sites for hydroxylation is 2. The minimum atomic E-state index is -0.169. The van der Waals surface area contributed by atoms with Crippen LogP contribution < -0.4 is 5.32 Å². The molecule has 0 saturated carbocycles. The van der Waals surface area contributed by atoms with Crippen molar-refractivity contribution in [1.29, 1.82) is 0 Å². The van der Waals surface area contributed by atoms with Gasteiger partial charge in [-0.2, -0.15) is 0 Å². The summed E-state index contributed by atoms with van der Waals surface area (Å²) in [6.45, 7) is 6.44. The van der Waals surface area contributed by atoms with Gasteiger partial charge in [0.25, 0.3) is 5.91 Å².